The predicted octanol–water partition coefficient (Wildman–Crippen LogP) is 5.28. The van der Waals surface area contributed by atoms with Gasteiger partial charge in [-0.3, -0.25) is 0 Å². The Hall–Kier alpha value is -3.18. The quantitative estimate of drug-likeness (QED) is 0.622. The molecule has 2 rings (SSSR count). The molecule has 0 fully saturated rings. The summed E-state index contributed by atoms with van der Waals surface area (Å²) in [5.74, 6) is 0. The first kappa shape index (κ1) is 21.1. The van der Waals surface area contributed by atoms with Crippen molar-refractivity contribution in [3.05, 3.63) is 47.3 Å². The molecule has 1 aromatic rings. The minimum Gasteiger partial charge on any atom is -0.372 e. The molecule has 0 aliphatic carbocycles. The van der Waals surface area contributed by atoms with E-state index in [0.717, 1.165) is 49.3 Å². The first-order chi connectivity index (χ1) is 13.6. The summed E-state index contributed by atoms with van der Waals surface area (Å²) in [7, 11) is 0. The minimum atomic E-state index is 0.0885. The van der Waals surface area contributed by atoms with Crippen molar-refractivity contribution in [2.24, 2.45) is 9.98 Å². The van der Waals surface area contributed by atoms with Crippen LogP contribution in [0.1, 0.15) is 52.0 Å². The first-order valence-corrected chi connectivity index (χ1v) is 9.86. The molecular formula is C23H27N5. The number of nitrogens with zero attached hydrogens (tertiary/aromatic N) is 5. The fourth-order valence-electron chi connectivity index (χ4n) is 3.05. The van der Waals surface area contributed by atoms with Crippen molar-refractivity contribution in [3.8, 4) is 12.1 Å². The monoisotopic (exact) mass is 373 g/mol. The van der Waals surface area contributed by atoms with E-state index >= 15 is 0 Å². The molecule has 1 heterocycles. The molecule has 0 saturated heterocycles. The molecular weight excluding hydrogens is 346 g/mol. The third kappa shape index (κ3) is 5.66. The van der Waals surface area contributed by atoms with Gasteiger partial charge in [0.25, 0.3) is 0 Å². The number of benzene rings is 1. The number of rotatable bonds is 8. The average molecular weight is 374 g/mol. The maximum absolute atomic E-state index is 9.35. The normalized spacial score (nSPS) is 14.2. The zero-order chi connectivity index (χ0) is 20.4. The van der Waals surface area contributed by atoms with Crippen LogP contribution in [-0.2, 0) is 0 Å². The Morgan fingerprint density at radius 2 is 1.61 bits per heavy atom. The van der Waals surface area contributed by atoms with Crippen LogP contribution in [0.3, 0.4) is 0 Å². The topological polar surface area (TPSA) is 75.5 Å². The fourth-order valence-corrected chi connectivity index (χ4v) is 3.05. The molecule has 0 saturated carbocycles. The average Bonchev–Trinajstić information content (AvgIpc) is 2.91. The third-order valence-electron chi connectivity index (χ3n) is 4.66. The summed E-state index contributed by atoms with van der Waals surface area (Å²) in [5, 5.41) is 18.7. The van der Waals surface area contributed by atoms with Gasteiger partial charge in [0.1, 0.15) is 12.1 Å². The second kappa shape index (κ2) is 10.8. The van der Waals surface area contributed by atoms with Crippen LogP contribution in [0.2, 0.25) is 0 Å². The van der Waals surface area contributed by atoms with Crippen molar-refractivity contribution in [2.75, 3.05) is 18.0 Å². The molecule has 0 amide bonds. The van der Waals surface area contributed by atoms with E-state index in [1.807, 2.05) is 24.3 Å². The highest BCUT2D eigenvalue weighted by Crippen LogP contribution is 2.18. The Bertz CT molecular complexity index is 869. The van der Waals surface area contributed by atoms with E-state index in [2.05, 4.69) is 59.9 Å². The molecule has 0 atom stereocenters. The number of allylic oxidation sites excluding steroid dienone is 3. The van der Waals surface area contributed by atoms with Crippen molar-refractivity contribution in [2.45, 2.75) is 46.5 Å². The second-order valence-corrected chi connectivity index (χ2v) is 6.58. The Morgan fingerprint density at radius 3 is 2.18 bits per heavy atom. The number of hydrogen-bond donors (Lipinski definition) is 0. The summed E-state index contributed by atoms with van der Waals surface area (Å²) >= 11 is 0. The summed E-state index contributed by atoms with van der Waals surface area (Å²) in [6.45, 7) is 8.37. The van der Waals surface area contributed by atoms with E-state index in [0.29, 0.717) is 6.42 Å². The van der Waals surface area contributed by atoms with Crippen LogP contribution in [-0.4, -0.2) is 24.5 Å². The van der Waals surface area contributed by atoms with Gasteiger partial charge in [-0.05, 0) is 50.5 Å². The van der Waals surface area contributed by atoms with E-state index < -0.39 is 0 Å². The van der Waals surface area contributed by atoms with Crippen molar-refractivity contribution >= 4 is 23.2 Å². The largest absolute Gasteiger partial charge is 0.372 e. The molecule has 28 heavy (non-hydrogen) atoms. The smallest absolute Gasteiger partial charge is 0.177 e. The van der Waals surface area contributed by atoms with Crippen LogP contribution in [0.4, 0.5) is 5.69 Å². The van der Waals surface area contributed by atoms with E-state index in [4.69, 9.17) is 0 Å². The molecule has 144 valence electrons. The summed E-state index contributed by atoms with van der Waals surface area (Å²) in [6, 6.07) is 12.4. The van der Waals surface area contributed by atoms with Gasteiger partial charge in [0, 0.05) is 36.6 Å². The van der Waals surface area contributed by atoms with Crippen molar-refractivity contribution in [1.82, 2.24) is 0 Å². The number of nitriles is 2. The van der Waals surface area contributed by atoms with Crippen LogP contribution in [0.5, 0.6) is 0 Å². The summed E-state index contributed by atoms with van der Waals surface area (Å²) in [4.78, 5) is 11.1. The predicted molar refractivity (Wildman–Crippen MR) is 116 cm³/mol. The molecule has 0 unspecified atom stereocenters. The molecule has 1 aromatic carbocycles. The lowest BCUT2D eigenvalue weighted by molar-refractivity contribution is 0.830. The van der Waals surface area contributed by atoms with Crippen LogP contribution in [0.25, 0.3) is 6.08 Å². The Kier molecular flexibility index (Phi) is 8.18. The molecule has 1 aliphatic rings. The molecule has 0 bridgehead atoms. The van der Waals surface area contributed by atoms with E-state index in [1.54, 1.807) is 0 Å². The summed E-state index contributed by atoms with van der Waals surface area (Å²) in [5.41, 5.74) is 4.13. The van der Waals surface area contributed by atoms with Crippen molar-refractivity contribution in [1.29, 1.82) is 10.5 Å². The van der Waals surface area contributed by atoms with Gasteiger partial charge in [0.2, 0.25) is 0 Å². The molecule has 5 heteroatoms. The lowest BCUT2D eigenvalue weighted by atomic mass is 10.1. The minimum absolute atomic E-state index is 0.0885. The number of aliphatic imine (C=N–C) groups is 2. The molecule has 5 nitrogen and oxygen atoms in total. The van der Waals surface area contributed by atoms with Gasteiger partial charge in [0.05, 0.1) is 0 Å². The molecule has 0 aromatic heterocycles. The standard InChI is InChI=1S/C23H27N5/c1-4-7-8-19-15-20(27-23(17-25)22(16-24)26-19)12-9-18-10-13-21(14-11-18)28(5-2)6-3/h9-14H,4-8,15H2,1-3H3/b12-9+. The summed E-state index contributed by atoms with van der Waals surface area (Å²) in [6.07, 6.45) is 7.34. The van der Waals surface area contributed by atoms with Gasteiger partial charge < -0.3 is 4.90 Å². The van der Waals surface area contributed by atoms with Crippen molar-refractivity contribution < 1.29 is 0 Å². The van der Waals surface area contributed by atoms with E-state index in [9.17, 15) is 10.5 Å². The fraction of sp³-hybridized carbons (Fsp3) is 0.391. The lowest BCUT2D eigenvalue weighted by Gasteiger charge is -2.20. The molecule has 1 aliphatic heterocycles. The highest BCUT2D eigenvalue weighted by Gasteiger charge is 2.14. The number of unbranched alkanes of at least 4 members (excludes halogenated alkanes) is 1. The third-order valence-corrected chi connectivity index (χ3v) is 4.66. The van der Waals surface area contributed by atoms with Crippen LogP contribution in [0.15, 0.2) is 51.7 Å². The van der Waals surface area contributed by atoms with Crippen LogP contribution >= 0.6 is 0 Å². The first-order valence-electron chi connectivity index (χ1n) is 9.86. The highest BCUT2D eigenvalue weighted by atomic mass is 15.1. The molecule has 0 spiro atoms. The molecule has 0 N–H and O–H groups in total. The zero-order valence-corrected chi connectivity index (χ0v) is 16.9. The molecule has 0 radical (unpaired) electrons. The van der Waals surface area contributed by atoms with Gasteiger partial charge in [-0.25, -0.2) is 9.98 Å². The van der Waals surface area contributed by atoms with Gasteiger partial charge in [-0.1, -0.05) is 31.6 Å². The van der Waals surface area contributed by atoms with Crippen LogP contribution < -0.4 is 4.90 Å². The summed E-state index contributed by atoms with van der Waals surface area (Å²) < 4.78 is 0. The van der Waals surface area contributed by atoms with Gasteiger partial charge in [0.15, 0.2) is 11.4 Å². The van der Waals surface area contributed by atoms with E-state index in [-0.39, 0.29) is 11.4 Å². The maximum Gasteiger partial charge on any atom is 0.177 e. The van der Waals surface area contributed by atoms with Gasteiger partial charge in [-0.15, -0.1) is 0 Å². The lowest BCUT2D eigenvalue weighted by Crippen LogP contribution is -2.21. The number of hydrogen-bond acceptors (Lipinski definition) is 5. The van der Waals surface area contributed by atoms with Gasteiger partial charge in [-0.2, -0.15) is 10.5 Å². The van der Waals surface area contributed by atoms with Crippen molar-refractivity contribution in [3.63, 3.8) is 0 Å². The Morgan fingerprint density at radius 1 is 0.964 bits per heavy atom. The highest BCUT2D eigenvalue weighted by molar-refractivity contribution is 6.12. The Balaban J connectivity index is 2.25. The van der Waals surface area contributed by atoms with Crippen LogP contribution in [0, 0.1) is 22.7 Å². The Labute approximate surface area is 168 Å². The zero-order valence-electron chi connectivity index (χ0n) is 16.9. The van der Waals surface area contributed by atoms with Gasteiger partial charge >= 0.3 is 0 Å². The van der Waals surface area contributed by atoms with E-state index in [1.165, 1.54) is 5.69 Å². The number of anilines is 1. The maximum atomic E-state index is 9.35. The second-order valence-electron chi connectivity index (χ2n) is 6.58. The SMILES string of the molecule is CCCCC1=NC(C#N)=C(C#N)N=C(/C=C/c2ccc(N(CC)CC)cc2)C1.